The summed E-state index contributed by atoms with van der Waals surface area (Å²) in [7, 11) is 0. The van der Waals surface area contributed by atoms with Gasteiger partial charge in [-0.25, -0.2) is 0 Å². The standard InChI is InChI=1S/C11H14BrNO/c12-9-6-11(14-8-9)7-13-10-4-2-1-3-5-10/h2,4,6,8,10,13H,1,3,5,7H2. The van der Waals surface area contributed by atoms with Gasteiger partial charge in [0.1, 0.15) is 12.0 Å². The van der Waals surface area contributed by atoms with Gasteiger partial charge < -0.3 is 9.73 Å². The van der Waals surface area contributed by atoms with E-state index in [1.165, 1.54) is 19.3 Å². The van der Waals surface area contributed by atoms with Crippen molar-refractivity contribution < 1.29 is 4.42 Å². The van der Waals surface area contributed by atoms with E-state index in [0.717, 1.165) is 16.8 Å². The van der Waals surface area contributed by atoms with Gasteiger partial charge in [-0.2, -0.15) is 0 Å². The molecule has 2 rings (SSSR count). The second-order valence-corrected chi connectivity index (χ2v) is 4.49. The van der Waals surface area contributed by atoms with Crippen molar-refractivity contribution in [1.82, 2.24) is 5.32 Å². The molecule has 1 atom stereocenters. The molecule has 0 saturated carbocycles. The molecule has 0 bridgehead atoms. The molecule has 1 heterocycles. The van der Waals surface area contributed by atoms with Crippen molar-refractivity contribution in [3.05, 3.63) is 34.7 Å². The lowest BCUT2D eigenvalue weighted by atomic mass is 10.0. The van der Waals surface area contributed by atoms with Gasteiger partial charge in [-0.15, -0.1) is 0 Å². The number of hydrogen-bond donors (Lipinski definition) is 1. The summed E-state index contributed by atoms with van der Waals surface area (Å²) >= 11 is 3.36. The minimum Gasteiger partial charge on any atom is -0.467 e. The van der Waals surface area contributed by atoms with E-state index < -0.39 is 0 Å². The first-order valence-electron chi connectivity index (χ1n) is 4.97. The Morgan fingerprint density at radius 1 is 1.57 bits per heavy atom. The Bertz CT molecular complexity index is 319. The molecule has 0 spiro atoms. The highest BCUT2D eigenvalue weighted by atomic mass is 79.9. The van der Waals surface area contributed by atoms with Crippen LogP contribution >= 0.6 is 15.9 Å². The zero-order valence-electron chi connectivity index (χ0n) is 8.00. The molecule has 1 aromatic rings. The fourth-order valence-corrected chi connectivity index (χ4v) is 2.01. The highest BCUT2D eigenvalue weighted by Gasteiger charge is 2.08. The molecule has 0 aromatic carbocycles. The van der Waals surface area contributed by atoms with Gasteiger partial charge in [0.15, 0.2) is 0 Å². The molecular formula is C11H14BrNO. The summed E-state index contributed by atoms with van der Waals surface area (Å²) in [6.45, 7) is 0.806. The van der Waals surface area contributed by atoms with Crippen molar-refractivity contribution in [2.45, 2.75) is 31.8 Å². The molecule has 1 N–H and O–H groups in total. The van der Waals surface area contributed by atoms with Crippen molar-refractivity contribution in [2.75, 3.05) is 0 Å². The van der Waals surface area contributed by atoms with E-state index in [-0.39, 0.29) is 0 Å². The normalized spacial score (nSPS) is 21.4. The Kier molecular flexibility index (Phi) is 3.43. The van der Waals surface area contributed by atoms with Crippen molar-refractivity contribution in [1.29, 1.82) is 0 Å². The second kappa shape index (κ2) is 4.80. The molecule has 1 aliphatic rings. The molecule has 2 nitrogen and oxygen atoms in total. The van der Waals surface area contributed by atoms with Gasteiger partial charge in [0.05, 0.1) is 11.0 Å². The second-order valence-electron chi connectivity index (χ2n) is 3.58. The maximum Gasteiger partial charge on any atom is 0.118 e. The fraction of sp³-hybridized carbons (Fsp3) is 0.455. The third kappa shape index (κ3) is 2.72. The van der Waals surface area contributed by atoms with Crippen LogP contribution in [-0.4, -0.2) is 6.04 Å². The van der Waals surface area contributed by atoms with E-state index in [2.05, 4.69) is 33.4 Å². The molecule has 1 unspecified atom stereocenters. The van der Waals surface area contributed by atoms with Crippen LogP contribution in [0.5, 0.6) is 0 Å². The molecular weight excluding hydrogens is 242 g/mol. The molecule has 0 saturated heterocycles. The number of halogens is 1. The van der Waals surface area contributed by atoms with E-state index in [4.69, 9.17) is 4.42 Å². The molecule has 76 valence electrons. The van der Waals surface area contributed by atoms with Crippen LogP contribution in [0.3, 0.4) is 0 Å². The zero-order valence-corrected chi connectivity index (χ0v) is 9.59. The fourth-order valence-electron chi connectivity index (χ4n) is 1.66. The van der Waals surface area contributed by atoms with Crippen molar-refractivity contribution in [3.63, 3.8) is 0 Å². The van der Waals surface area contributed by atoms with Crippen molar-refractivity contribution in [2.24, 2.45) is 0 Å². The van der Waals surface area contributed by atoms with Crippen molar-refractivity contribution in [3.8, 4) is 0 Å². The van der Waals surface area contributed by atoms with E-state index in [1.54, 1.807) is 6.26 Å². The summed E-state index contributed by atoms with van der Waals surface area (Å²) in [6, 6.07) is 2.52. The molecule has 1 aliphatic carbocycles. The lowest BCUT2D eigenvalue weighted by Gasteiger charge is -2.16. The third-order valence-electron chi connectivity index (χ3n) is 2.41. The predicted octanol–water partition coefficient (Wildman–Crippen LogP) is 3.24. The molecule has 0 amide bonds. The van der Waals surface area contributed by atoms with Gasteiger partial charge in [-0.05, 0) is 41.3 Å². The molecule has 0 radical (unpaired) electrons. The van der Waals surface area contributed by atoms with Gasteiger partial charge in [0.25, 0.3) is 0 Å². The predicted molar refractivity (Wildman–Crippen MR) is 60.0 cm³/mol. The SMILES string of the molecule is Brc1coc(CNC2C=CCCC2)c1. The van der Waals surface area contributed by atoms with Gasteiger partial charge in [0, 0.05) is 6.04 Å². The summed E-state index contributed by atoms with van der Waals surface area (Å²) in [5.41, 5.74) is 0. The number of hydrogen-bond acceptors (Lipinski definition) is 2. The van der Waals surface area contributed by atoms with E-state index in [1.807, 2.05) is 6.07 Å². The smallest absolute Gasteiger partial charge is 0.118 e. The minimum atomic E-state index is 0.521. The quantitative estimate of drug-likeness (QED) is 0.840. The number of allylic oxidation sites excluding steroid dienone is 1. The molecule has 3 heteroatoms. The molecule has 1 aromatic heterocycles. The number of furan rings is 1. The minimum absolute atomic E-state index is 0.521. The Labute approximate surface area is 92.5 Å². The average Bonchev–Trinajstić information content (AvgIpc) is 2.63. The largest absolute Gasteiger partial charge is 0.467 e. The number of nitrogens with one attached hydrogen (secondary N) is 1. The van der Waals surface area contributed by atoms with Crippen LogP contribution in [0.25, 0.3) is 0 Å². The molecule has 0 aliphatic heterocycles. The van der Waals surface area contributed by atoms with Crippen molar-refractivity contribution >= 4 is 15.9 Å². The monoisotopic (exact) mass is 255 g/mol. The van der Waals surface area contributed by atoms with Crippen LogP contribution in [0.15, 0.2) is 33.4 Å². The van der Waals surface area contributed by atoms with E-state index in [0.29, 0.717) is 6.04 Å². The van der Waals surface area contributed by atoms with Gasteiger partial charge in [-0.3, -0.25) is 0 Å². The lowest BCUT2D eigenvalue weighted by Crippen LogP contribution is -2.27. The van der Waals surface area contributed by atoms with Gasteiger partial charge in [0.2, 0.25) is 0 Å². The highest BCUT2D eigenvalue weighted by molar-refractivity contribution is 9.10. The maximum atomic E-state index is 5.32. The Morgan fingerprint density at radius 3 is 3.14 bits per heavy atom. The Balaban J connectivity index is 1.82. The first kappa shape index (κ1) is 9.99. The van der Waals surface area contributed by atoms with Gasteiger partial charge >= 0.3 is 0 Å². The highest BCUT2D eigenvalue weighted by Crippen LogP contribution is 2.15. The lowest BCUT2D eigenvalue weighted by molar-refractivity contribution is 0.450. The average molecular weight is 256 g/mol. The third-order valence-corrected chi connectivity index (χ3v) is 2.83. The van der Waals surface area contributed by atoms with Gasteiger partial charge in [-0.1, -0.05) is 12.2 Å². The topological polar surface area (TPSA) is 25.2 Å². The Morgan fingerprint density at radius 2 is 2.50 bits per heavy atom. The zero-order chi connectivity index (χ0) is 9.80. The van der Waals surface area contributed by atoms with Crippen LogP contribution in [0, 0.1) is 0 Å². The van der Waals surface area contributed by atoms with Crippen LogP contribution in [0.2, 0.25) is 0 Å². The Hall–Kier alpha value is -0.540. The van der Waals surface area contributed by atoms with Crippen LogP contribution in [-0.2, 0) is 6.54 Å². The molecule has 0 fully saturated rings. The summed E-state index contributed by atoms with van der Waals surface area (Å²) < 4.78 is 6.33. The summed E-state index contributed by atoms with van der Waals surface area (Å²) in [5, 5.41) is 3.45. The maximum absolute atomic E-state index is 5.32. The summed E-state index contributed by atoms with van der Waals surface area (Å²) in [6.07, 6.45) is 9.97. The first-order valence-corrected chi connectivity index (χ1v) is 5.77. The number of rotatable bonds is 3. The summed E-state index contributed by atoms with van der Waals surface area (Å²) in [4.78, 5) is 0. The van der Waals surface area contributed by atoms with Crippen LogP contribution < -0.4 is 5.32 Å². The van der Waals surface area contributed by atoms with E-state index >= 15 is 0 Å². The summed E-state index contributed by atoms with van der Waals surface area (Å²) in [5.74, 6) is 0.982. The first-order chi connectivity index (χ1) is 6.84. The molecule has 14 heavy (non-hydrogen) atoms. The van der Waals surface area contributed by atoms with E-state index in [9.17, 15) is 0 Å². The van der Waals surface area contributed by atoms with Crippen LogP contribution in [0.1, 0.15) is 25.0 Å². The van der Waals surface area contributed by atoms with Crippen LogP contribution in [0.4, 0.5) is 0 Å².